The van der Waals surface area contributed by atoms with Gasteiger partial charge in [0.2, 0.25) is 0 Å². The normalized spacial score (nSPS) is 16.0. The van der Waals surface area contributed by atoms with E-state index in [0.29, 0.717) is 0 Å². The molecule has 0 atom stereocenters. The van der Waals surface area contributed by atoms with Crippen molar-refractivity contribution < 1.29 is 4.74 Å². The molecule has 0 radical (unpaired) electrons. The fraction of sp³-hybridized carbons (Fsp3) is 1.00. The maximum atomic E-state index is 5.71. The molecule has 0 aliphatic carbocycles. The summed E-state index contributed by atoms with van der Waals surface area (Å²) in [5.41, 5.74) is 0. The molecule has 1 heterocycles. The minimum atomic E-state index is 0.872. The van der Waals surface area contributed by atoms with Crippen LogP contribution < -0.4 is 5.32 Å². The lowest BCUT2D eigenvalue weighted by Crippen LogP contribution is -2.36. The Labute approximate surface area is 145 Å². The van der Waals surface area contributed by atoms with Crippen molar-refractivity contribution in [2.75, 3.05) is 45.9 Å². The molecular weight excluding hydrogens is 284 g/mol. The van der Waals surface area contributed by atoms with Crippen molar-refractivity contribution in [1.29, 1.82) is 0 Å². The number of rotatable bonds is 16. The second kappa shape index (κ2) is 16.7. The van der Waals surface area contributed by atoms with Crippen LogP contribution in [-0.2, 0) is 4.74 Å². The highest BCUT2D eigenvalue weighted by Crippen LogP contribution is 2.09. The SMILES string of the molecule is CCCCCCCCCCCOCCNCCN1CCCCC1. The van der Waals surface area contributed by atoms with Crippen molar-refractivity contribution in [3.05, 3.63) is 0 Å². The first-order valence-corrected chi connectivity index (χ1v) is 10.4. The lowest BCUT2D eigenvalue weighted by Gasteiger charge is -2.26. The summed E-state index contributed by atoms with van der Waals surface area (Å²) in [5, 5.41) is 3.50. The minimum Gasteiger partial charge on any atom is -0.380 e. The number of nitrogens with one attached hydrogen (secondary N) is 1. The van der Waals surface area contributed by atoms with E-state index in [-0.39, 0.29) is 0 Å². The topological polar surface area (TPSA) is 24.5 Å². The Hall–Kier alpha value is -0.120. The van der Waals surface area contributed by atoms with E-state index in [2.05, 4.69) is 17.1 Å². The molecule has 0 aromatic rings. The highest BCUT2D eigenvalue weighted by atomic mass is 16.5. The van der Waals surface area contributed by atoms with E-state index in [1.807, 2.05) is 0 Å². The van der Waals surface area contributed by atoms with E-state index in [1.54, 1.807) is 0 Å². The molecule has 0 amide bonds. The summed E-state index contributed by atoms with van der Waals surface area (Å²) < 4.78 is 5.71. The van der Waals surface area contributed by atoms with E-state index in [4.69, 9.17) is 4.74 Å². The van der Waals surface area contributed by atoms with Crippen molar-refractivity contribution in [3.63, 3.8) is 0 Å². The molecular formula is C20H42N2O. The zero-order chi connectivity index (χ0) is 16.4. The third-order valence-corrected chi connectivity index (χ3v) is 4.87. The number of nitrogens with zero attached hydrogens (tertiary/aromatic N) is 1. The van der Waals surface area contributed by atoms with Gasteiger partial charge in [-0.15, -0.1) is 0 Å². The van der Waals surface area contributed by atoms with Gasteiger partial charge in [-0.25, -0.2) is 0 Å². The molecule has 0 bridgehead atoms. The van der Waals surface area contributed by atoms with Crippen LogP contribution in [0.2, 0.25) is 0 Å². The Morgan fingerprint density at radius 3 is 2.09 bits per heavy atom. The molecule has 138 valence electrons. The summed E-state index contributed by atoms with van der Waals surface area (Å²) in [6.07, 6.45) is 16.7. The molecule has 1 aliphatic heterocycles. The molecule has 0 saturated carbocycles. The first-order valence-electron chi connectivity index (χ1n) is 10.4. The van der Waals surface area contributed by atoms with Crippen molar-refractivity contribution in [1.82, 2.24) is 10.2 Å². The maximum Gasteiger partial charge on any atom is 0.0590 e. The Bertz CT molecular complexity index is 230. The summed E-state index contributed by atoms with van der Waals surface area (Å²) in [5.74, 6) is 0. The Kier molecular flexibility index (Phi) is 15.2. The Balaban J connectivity index is 1.67. The molecule has 23 heavy (non-hydrogen) atoms. The van der Waals surface area contributed by atoms with Gasteiger partial charge in [0.25, 0.3) is 0 Å². The molecule has 0 aromatic carbocycles. The molecule has 1 saturated heterocycles. The van der Waals surface area contributed by atoms with E-state index in [0.717, 1.165) is 26.3 Å². The van der Waals surface area contributed by atoms with Crippen molar-refractivity contribution in [2.45, 2.75) is 84.0 Å². The van der Waals surface area contributed by atoms with Gasteiger partial charge in [0.05, 0.1) is 6.61 Å². The largest absolute Gasteiger partial charge is 0.380 e. The lowest BCUT2D eigenvalue weighted by molar-refractivity contribution is 0.130. The number of piperidine rings is 1. The highest BCUT2D eigenvalue weighted by Gasteiger charge is 2.08. The van der Waals surface area contributed by atoms with Crippen LogP contribution in [0.5, 0.6) is 0 Å². The van der Waals surface area contributed by atoms with Crippen LogP contribution in [0.1, 0.15) is 84.0 Å². The zero-order valence-corrected chi connectivity index (χ0v) is 15.8. The van der Waals surface area contributed by atoms with Gasteiger partial charge in [-0.2, -0.15) is 0 Å². The van der Waals surface area contributed by atoms with E-state index < -0.39 is 0 Å². The number of ether oxygens (including phenoxy) is 1. The predicted octanol–water partition coefficient (Wildman–Crippen LogP) is 4.61. The maximum absolute atomic E-state index is 5.71. The Morgan fingerprint density at radius 2 is 1.39 bits per heavy atom. The van der Waals surface area contributed by atoms with Gasteiger partial charge in [0.1, 0.15) is 0 Å². The number of hydrogen-bond donors (Lipinski definition) is 1. The second-order valence-electron chi connectivity index (χ2n) is 7.09. The van der Waals surface area contributed by atoms with Gasteiger partial charge >= 0.3 is 0 Å². The molecule has 3 nitrogen and oxygen atoms in total. The van der Waals surface area contributed by atoms with Gasteiger partial charge in [0, 0.05) is 26.2 Å². The summed E-state index contributed by atoms with van der Waals surface area (Å²) >= 11 is 0. The van der Waals surface area contributed by atoms with Crippen LogP contribution in [0.3, 0.4) is 0 Å². The summed E-state index contributed by atoms with van der Waals surface area (Å²) in [7, 11) is 0. The summed E-state index contributed by atoms with van der Waals surface area (Å²) in [6.45, 7) is 10.0. The summed E-state index contributed by atoms with van der Waals surface area (Å²) in [6, 6.07) is 0. The predicted molar refractivity (Wildman–Crippen MR) is 101 cm³/mol. The quantitative estimate of drug-likeness (QED) is 0.419. The monoisotopic (exact) mass is 326 g/mol. The van der Waals surface area contributed by atoms with Gasteiger partial charge in [-0.1, -0.05) is 64.7 Å². The van der Waals surface area contributed by atoms with Crippen LogP contribution >= 0.6 is 0 Å². The van der Waals surface area contributed by atoms with Crippen molar-refractivity contribution in [3.8, 4) is 0 Å². The Morgan fingerprint density at radius 1 is 0.739 bits per heavy atom. The van der Waals surface area contributed by atoms with Gasteiger partial charge in [-0.05, 0) is 32.4 Å². The van der Waals surface area contributed by atoms with Crippen LogP contribution in [0.4, 0.5) is 0 Å². The average Bonchev–Trinajstić information content (AvgIpc) is 2.59. The van der Waals surface area contributed by atoms with Crippen LogP contribution in [0, 0.1) is 0 Å². The molecule has 1 rings (SSSR count). The third kappa shape index (κ3) is 14.0. The standard InChI is InChI=1S/C20H42N2O/c1-2-3-4-5-6-7-8-9-13-19-23-20-15-21-14-18-22-16-11-10-12-17-22/h21H,2-20H2,1H3. The van der Waals surface area contributed by atoms with Gasteiger partial charge in [-0.3, -0.25) is 0 Å². The van der Waals surface area contributed by atoms with Crippen LogP contribution in [0.15, 0.2) is 0 Å². The number of unbranched alkanes of at least 4 members (excludes halogenated alkanes) is 8. The number of likely N-dealkylation sites (tertiary alicyclic amines) is 1. The lowest BCUT2D eigenvalue weighted by atomic mass is 10.1. The smallest absolute Gasteiger partial charge is 0.0590 e. The fourth-order valence-electron chi connectivity index (χ4n) is 3.31. The van der Waals surface area contributed by atoms with E-state index >= 15 is 0 Å². The second-order valence-corrected chi connectivity index (χ2v) is 7.09. The van der Waals surface area contributed by atoms with Gasteiger partial charge < -0.3 is 15.0 Å². The molecule has 0 spiro atoms. The van der Waals surface area contributed by atoms with Crippen LogP contribution in [-0.4, -0.2) is 50.8 Å². The fourth-order valence-corrected chi connectivity index (χ4v) is 3.31. The van der Waals surface area contributed by atoms with E-state index in [9.17, 15) is 0 Å². The molecule has 3 heteroatoms. The highest BCUT2D eigenvalue weighted by molar-refractivity contribution is 4.65. The third-order valence-electron chi connectivity index (χ3n) is 4.87. The average molecular weight is 327 g/mol. The summed E-state index contributed by atoms with van der Waals surface area (Å²) in [4.78, 5) is 2.58. The van der Waals surface area contributed by atoms with Crippen LogP contribution in [0.25, 0.3) is 0 Å². The number of hydrogen-bond acceptors (Lipinski definition) is 3. The van der Waals surface area contributed by atoms with E-state index in [1.165, 1.54) is 96.7 Å². The molecule has 1 N–H and O–H groups in total. The van der Waals surface area contributed by atoms with Crippen molar-refractivity contribution >= 4 is 0 Å². The minimum absolute atomic E-state index is 0.872. The first kappa shape index (κ1) is 20.9. The van der Waals surface area contributed by atoms with Gasteiger partial charge in [0.15, 0.2) is 0 Å². The first-order chi connectivity index (χ1) is 11.4. The molecule has 1 fully saturated rings. The van der Waals surface area contributed by atoms with Crippen molar-refractivity contribution in [2.24, 2.45) is 0 Å². The zero-order valence-electron chi connectivity index (χ0n) is 15.8. The molecule has 0 aromatic heterocycles. The molecule has 0 unspecified atom stereocenters. The molecule has 1 aliphatic rings.